The summed E-state index contributed by atoms with van der Waals surface area (Å²) in [6.07, 6.45) is 0.480. The first-order valence-corrected chi connectivity index (χ1v) is 8.80. The Kier molecular flexibility index (Phi) is 7.09. The number of nitrogens with zero attached hydrogens (tertiary/aromatic N) is 1. The summed E-state index contributed by atoms with van der Waals surface area (Å²) in [7, 11) is 1.83. The molecule has 4 nitrogen and oxygen atoms in total. The average molecular weight is 412 g/mol. The van der Waals surface area contributed by atoms with E-state index in [1.54, 1.807) is 0 Å². The zero-order valence-corrected chi connectivity index (χ0v) is 15.7. The van der Waals surface area contributed by atoms with Crippen LogP contribution in [0.3, 0.4) is 0 Å². The van der Waals surface area contributed by atoms with Crippen molar-refractivity contribution >= 4 is 39.2 Å². The van der Waals surface area contributed by atoms with Crippen molar-refractivity contribution in [3.63, 3.8) is 0 Å². The van der Waals surface area contributed by atoms with Crippen molar-refractivity contribution in [1.82, 2.24) is 4.90 Å². The first kappa shape index (κ1) is 18.8. The van der Waals surface area contributed by atoms with E-state index in [1.807, 2.05) is 60.5 Å². The van der Waals surface area contributed by atoms with Gasteiger partial charge in [-0.3, -0.25) is 9.69 Å². The summed E-state index contributed by atoms with van der Waals surface area (Å²) in [6, 6.07) is 14.6. The van der Waals surface area contributed by atoms with Gasteiger partial charge in [-0.05, 0) is 53.2 Å². The average Bonchev–Trinajstić information content (AvgIpc) is 2.56. The van der Waals surface area contributed by atoms with Crippen LogP contribution in [0.25, 0.3) is 0 Å². The normalized spacial score (nSPS) is 12.2. The molecule has 0 spiro atoms. The van der Waals surface area contributed by atoms with Crippen LogP contribution in [0, 0.1) is 0 Å². The van der Waals surface area contributed by atoms with Gasteiger partial charge in [-0.25, -0.2) is 0 Å². The van der Waals surface area contributed by atoms with Crippen LogP contribution in [0.4, 0.5) is 5.69 Å². The molecule has 0 amide bonds. The zero-order valence-electron chi connectivity index (χ0n) is 13.4. The van der Waals surface area contributed by atoms with Gasteiger partial charge in [-0.15, -0.1) is 0 Å². The molecule has 0 saturated carbocycles. The lowest BCUT2D eigenvalue weighted by Crippen LogP contribution is -2.42. The number of anilines is 1. The predicted octanol–water partition coefficient (Wildman–Crippen LogP) is 4.14. The minimum absolute atomic E-state index is 0.480. The third-order valence-corrected chi connectivity index (χ3v) is 4.72. The molecule has 24 heavy (non-hydrogen) atoms. The van der Waals surface area contributed by atoms with Gasteiger partial charge in [0.25, 0.3) is 0 Å². The molecule has 1 atom stereocenters. The molecule has 0 aliphatic rings. The second kappa shape index (κ2) is 9.06. The Morgan fingerprint density at radius 3 is 2.67 bits per heavy atom. The quantitative estimate of drug-likeness (QED) is 0.685. The Morgan fingerprint density at radius 1 is 1.29 bits per heavy atom. The molecule has 6 heteroatoms. The fourth-order valence-corrected chi connectivity index (χ4v) is 2.98. The molecular weight excluding hydrogens is 392 g/mol. The summed E-state index contributed by atoms with van der Waals surface area (Å²) in [5, 5.41) is 13.4. The van der Waals surface area contributed by atoms with E-state index < -0.39 is 12.0 Å². The fourth-order valence-electron chi connectivity index (χ4n) is 2.42. The Balaban J connectivity index is 1.92. The monoisotopic (exact) mass is 410 g/mol. The smallest absolute Gasteiger partial charge is 0.321 e. The van der Waals surface area contributed by atoms with Crippen LogP contribution in [0.1, 0.15) is 5.56 Å². The summed E-state index contributed by atoms with van der Waals surface area (Å²) >= 11 is 9.46. The second-order valence-corrected chi connectivity index (χ2v) is 6.87. The maximum atomic E-state index is 11.6. The third-order valence-electron chi connectivity index (χ3n) is 3.80. The number of halogens is 2. The van der Waals surface area contributed by atoms with Gasteiger partial charge in [-0.1, -0.05) is 41.9 Å². The zero-order chi connectivity index (χ0) is 17.5. The summed E-state index contributed by atoms with van der Waals surface area (Å²) in [5.41, 5.74) is 1.91. The van der Waals surface area contributed by atoms with Crippen molar-refractivity contribution in [3.8, 4) is 0 Å². The van der Waals surface area contributed by atoms with E-state index in [-0.39, 0.29) is 0 Å². The molecule has 2 rings (SSSR count). The molecule has 0 radical (unpaired) electrons. The molecule has 0 aliphatic heterocycles. The summed E-state index contributed by atoms with van der Waals surface area (Å²) in [6.45, 7) is 1.22. The topological polar surface area (TPSA) is 52.6 Å². The number of hydrogen-bond donors (Lipinski definition) is 2. The van der Waals surface area contributed by atoms with Gasteiger partial charge in [0.1, 0.15) is 6.04 Å². The highest BCUT2D eigenvalue weighted by Gasteiger charge is 2.22. The first-order chi connectivity index (χ1) is 11.5. The maximum Gasteiger partial charge on any atom is 0.321 e. The Labute approximate surface area is 155 Å². The number of likely N-dealkylation sites (N-methyl/N-ethyl adjacent to an activating group) is 1. The molecule has 0 fully saturated rings. The van der Waals surface area contributed by atoms with E-state index in [0.29, 0.717) is 24.5 Å². The number of carbonyl (C=O) groups is 1. The largest absolute Gasteiger partial charge is 0.480 e. The van der Waals surface area contributed by atoms with E-state index in [4.69, 9.17) is 11.6 Å². The highest BCUT2D eigenvalue weighted by Crippen LogP contribution is 2.25. The number of benzene rings is 2. The number of hydrogen-bond acceptors (Lipinski definition) is 3. The molecule has 128 valence electrons. The van der Waals surface area contributed by atoms with E-state index in [9.17, 15) is 9.90 Å². The molecule has 2 aromatic rings. The van der Waals surface area contributed by atoms with Gasteiger partial charge in [0.05, 0.1) is 0 Å². The lowest BCUT2D eigenvalue weighted by molar-refractivity contribution is -0.142. The van der Waals surface area contributed by atoms with Crippen molar-refractivity contribution in [2.24, 2.45) is 0 Å². The Hall–Kier alpha value is -1.56. The van der Waals surface area contributed by atoms with Crippen molar-refractivity contribution in [2.45, 2.75) is 12.5 Å². The van der Waals surface area contributed by atoms with Crippen LogP contribution in [0.2, 0.25) is 5.02 Å². The molecule has 0 aliphatic carbocycles. The predicted molar refractivity (Wildman–Crippen MR) is 102 cm³/mol. The fraction of sp³-hybridized carbons (Fsp3) is 0.278. The molecule has 0 heterocycles. The van der Waals surface area contributed by atoms with Gasteiger partial charge >= 0.3 is 5.97 Å². The highest BCUT2D eigenvalue weighted by atomic mass is 79.9. The molecular formula is C18H20BrClN2O2. The van der Waals surface area contributed by atoms with Crippen LogP contribution in [0.15, 0.2) is 53.0 Å². The van der Waals surface area contributed by atoms with Crippen LogP contribution < -0.4 is 5.32 Å². The number of rotatable bonds is 8. The summed E-state index contributed by atoms with van der Waals surface area (Å²) in [5.74, 6) is -0.815. The summed E-state index contributed by atoms with van der Waals surface area (Å²) < 4.78 is 0.925. The Morgan fingerprint density at radius 2 is 2.00 bits per heavy atom. The number of carboxylic acids is 1. The molecule has 2 aromatic carbocycles. The molecule has 2 N–H and O–H groups in total. The van der Waals surface area contributed by atoms with Crippen LogP contribution in [0.5, 0.6) is 0 Å². The van der Waals surface area contributed by atoms with E-state index >= 15 is 0 Å². The number of carboxylic acid groups (broad SMARTS) is 1. The van der Waals surface area contributed by atoms with Gasteiger partial charge in [-0.2, -0.15) is 0 Å². The van der Waals surface area contributed by atoms with Gasteiger partial charge in [0, 0.05) is 28.3 Å². The van der Waals surface area contributed by atoms with Crippen molar-refractivity contribution < 1.29 is 9.90 Å². The second-order valence-electron chi connectivity index (χ2n) is 5.58. The maximum absolute atomic E-state index is 11.6. The first-order valence-electron chi connectivity index (χ1n) is 7.63. The molecule has 0 unspecified atom stereocenters. The number of nitrogens with one attached hydrogen (secondary N) is 1. The van der Waals surface area contributed by atoms with E-state index in [2.05, 4.69) is 21.2 Å². The lowest BCUT2D eigenvalue weighted by atomic mass is 10.1. The molecule has 0 saturated heterocycles. The minimum atomic E-state index is -0.815. The third kappa shape index (κ3) is 5.51. The van der Waals surface area contributed by atoms with Gasteiger partial charge in [0.2, 0.25) is 0 Å². The standard InChI is InChI=1S/C18H20BrClN2O2/c1-22(10-9-21-16-12-14(20)7-8-15(16)19)17(18(23)24)11-13-5-3-2-4-6-13/h2-8,12,17,21H,9-11H2,1H3,(H,23,24)/t17-/m0/s1. The van der Waals surface area contributed by atoms with E-state index in [0.717, 1.165) is 15.7 Å². The molecule has 0 aromatic heterocycles. The SMILES string of the molecule is CN(CCNc1cc(Cl)ccc1Br)[C@@H](Cc1ccccc1)C(=O)O. The minimum Gasteiger partial charge on any atom is -0.480 e. The van der Waals surface area contributed by atoms with Crippen molar-refractivity contribution in [1.29, 1.82) is 0 Å². The van der Waals surface area contributed by atoms with Crippen LogP contribution in [-0.4, -0.2) is 42.2 Å². The lowest BCUT2D eigenvalue weighted by Gasteiger charge is -2.25. The highest BCUT2D eigenvalue weighted by molar-refractivity contribution is 9.10. The number of aliphatic carboxylic acids is 1. The summed E-state index contributed by atoms with van der Waals surface area (Å²) in [4.78, 5) is 13.4. The van der Waals surface area contributed by atoms with Crippen LogP contribution in [-0.2, 0) is 11.2 Å². The van der Waals surface area contributed by atoms with Crippen molar-refractivity contribution in [2.75, 3.05) is 25.5 Å². The van der Waals surface area contributed by atoms with Gasteiger partial charge < -0.3 is 10.4 Å². The Bertz CT molecular complexity index is 682. The van der Waals surface area contributed by atoms with Crippen LogP contribution >= 0.6 is 27.5 Å². The van der Waals surface area contributed by atoms with Gasteiger partial charge in [0.15, 0.2) is 0 Å². The molecule has 0 bridgehead atoms. The van der Waals surface area contributed by atoms with Crippen molar-refractivity contribution in [3.05, 3.63) is 63.6 Å². The van der Waals surface area contributed by atoms with E-state index in [1.165, 1.54) is 0 Å².